The number of carbonyl (C=O) groups is 1. The molecular weight excluding hydrogens is 224 g/mol. The third-order valence-corrected chi connectivity index (χ3v) is 2.70. The quantitative estimate of drug-likeness (QED) is 0.765. The Hall–Kier alpha value is -1.62. The van der Waals surface area contributed by atoms with Gasteiger partial charge in [-0.3, -0.25) is 4.79 Å². The van der Waals surface area contributed by atoms with Crippen LogP contribution < -0.4 is 10.6 Å². The summed E-state index contributed by atoms with van der Waals surface area (Å²) in [5, 5.41) is 6.47. The molecule has 0 spiro atoms. The number of hydrogen-bond acceptors (Lipinski definition) is 3. The summed E-state index contributed by atoms with van der Waals surface area (Å²) in [6.07, 6.45) is 1.58. The van der Waals surface area contributed by atoms with Gasteiger partial charge in [-0.2, -0.15) is 0 Å². The minimum Gasteiger partial charge on any atom is -0.467 e. The monoisotopic (exact) mass is 236 g/mol. The molecule has 0 bridgehead atoms. The highest BCUT2D eigenvalue weighted by Gasteiger charge is 2.29. The van der Waals surface area contributed by atoms with Crippen molar-refractivity contribution in [2.45, 2.75) is 19.9 Å². The Morgan fingerprint density at radius 1 is 1.56 bits per heavy atom. The van der Waals surface area contributed by atoms with E-state index in [1.54, 1.807) is 12.3 Å². The number of carbonyl (C=O) groups excluding carboxylic acids is 1. The van der Waals surface area contributed by atoms with Crippen LogP contribution in [-0.4, -0.2) is 10.9 Å². The zero-order valence-corrected chi connectivity index (χ0v) is 9.85. The standard InChI is InChI=1S/C11H12N2O2S/c1-6-9(7(2)14)10(13-11(16)12-6)8-4-3-5-15-8/h3-5,10H,1-2H3,(H2,12,13,16). The zero-order valence-electron chi connectivity index (χ0n) is 9.03. The normalized spacial score (nSPS) is 20.4. The lowest BCUT2D eigenvalue weighted by molar-refractivity contribution is -0.114. The van der Waals surface area contributed by atoms with Gasteiger partial charge < -0.3 is 15.1 Å². The molecule has 1 aliphatic rings. The third kappa shape index (κ3) is 1.86. The first-order valence-corrected chi connectivity index (χ1v) is 5.33. The highest BCUT2D eigenvalue weighted by Crippen LogP contribution is 2.27. The van der Waals surface area contributed by atoms with Crippen molar-refractivity contribution in [3.05, 3.63) is 35.4 Å². The predicted molar refractivity (Wildman–Crippen MR) is 63.7 cm³/mol. The second-order valence-electron chi connectivity index (χ2n) is 3.64. The highest BCUT2D eigenvalue weighted by molar-refractivity contribution is 7.80. The molecule has 1 aromatic rings. The number of allylic oxidation sites excluding steroid dienone is 1. The molecule has 0 aliphatic carbocycles. The smallest absolute Gasteiger partial charge is 0.171 e. The molecule has 84 valence electrons. The summed E-state index contributed by atoms with van der Waals surface area (Å²) >= 11 is 5.06. The van der Waals surface area contributed by atoms with Crippen molar-refractivity contribution in [1.29, 1.82) is 0 Å². The van der Waals surface area contributed by atoms with Crippen LogP contribution in [0.5, 0.6) is 0 Å². The fourth-order valence-corrected chi connectivity index (χ4v) is 2.10. The first kappa shape index (κ1) is 10.9. The number of thiocarbonyl (C=S) groups is 1. The van der Waals surface area contributed by atoms with Crippen LogP contribution in [-0.2, 0) is 4.79 Å². The van der Waals surface area contributed by atoms with E-state index in [1.165, 1.54) is 6.92 Å². The number of ketones is 1. The molecule has 0 saturated carbocycles. The molecule has 0 fully saturated rings. The average Bonchev–Trinajstić information content (AvgIpc) is 2.67. The maximum atomic E-state index is 11.6. The lowest BCUT2D eigenvalue weighted by Gasteiger charge is -2.28. The summed E-state index contributed by atoms with van der Waals surface area (Å²) < 4.78 is 5.31. The van der Waals surface area contributed by atoms with Gasteiger partial charge in [-0.15, -0.1) is 0 Å². The minimum atomic E-state index is -0.291. The second-order valence-corrected chi connectivity index (χ2v) is 4.05. The summed E-state index contributed by atoms with van der Waals surface area (Å²) in [6.45, 7) is 3.37. The van der Waals surface area contributed by atoms with Crippen LogP contribution in [0.4, 0.5) is 0 Å². The third-order valence-electron chi connectivity index (χ3n) is 2.48. The van der Waals surface area contributed by atoms with Crippen molar-refractivity contribution >= 4 is 23.1 Å². The largest absolute Gasteiger partial charge is 0.467 e. The van der Waals surface area contributed by atoms with Gasteiger partial charge in [0.1, 0.15) is 11.8 Å². The summed E-state index contributed by atoms with van der Waals surface area (Å²) in [6, 6.07) is 3.32. The van der Waals surface area contributed by atoms with E-state index in [1.807, 2.05) is 13.0 Å². The lowest BCUT2D eigenvalue weighted by Crippen LogP contribution is -2.44. The van der Waals surface area contributed by atoms with E-state index in [2.05, 4.69) is 10.6 Å². The molecule has 1 aromatic heterocycles. The van der Waals surface area contributed by atoms with Crippen molar-refractivity contribution in [1.82, 2.24) is 10.6 Å². The molecule has 0 aromatic carbocycles. The Morgan fingerprint density at radius 2 is 2.31 bits per heavy atom. The Morgan fingerprint density at radius 3 is 2.88 bits per heavy atom. The maximum Gasteiger partial charge on any atom is 0.171 e. The number of hydrogen-bond donors (Lipinski definition) is 2. The van der Waals surface area contributed by atoms with Crippen molar-refractivity contribution in [2.24, 2.45) is 0 Å². The number of Topliss-reactive ketones (excluding diaryl/α,β-unsaturated/α-hetero) is 1. The van der Waals surface area contributed by atoms with Gasteiger partial charge in [0.05, 0.1) is 6.26 Å². The van der Waals surface area contributed by atoms with Gasteiger partial charge in [0.2, 0.25) is 0 Å². The van der Waals surface area contributed by atoms with Crippen molar-refractivity contribution in [3.63, 3.8) is 0 Å². The highest BCUT2D eigenvalue weighted by atomic mass is 32.1. The van der Waals surface area contributed by atoms with E-state index in [0.29, 0.717) is 16.4 Å². The Kier molecular flexibility index (Phi) is 2.78. The van der Waals surface area contributed by atoms with Crippen LogP contribution in [0.15, 0.2) is 34.1 Å². The van der Waals surface area contributed by atoms with Crippen molar-refractivity contribution in [3.8, 4) is 0 Å². The van der Waals surface area contributed by atoms with Crippen LogP contribution in [0.2, 0.25) is 0 Å². The lowest BCUT2D eigenvalue weighted by atomic mass is 9.98. The maximum absolute atomic E-state index is 11.6. The summed E-state index contributed by atoms with van der Waals surface area (Å²) in [4.78, 5) is 11.6. The van der Waals surface area contributed by atoms with E-state index in [4.69, 9.17) is 16.6 Å². The number of furan rings is 1. The molecule has 1 aliphatic heterocycles. The molecule has 2 rings (SSSR count). The Bertz CT molecular complexity index is 462. The molecule has 0 saturated heterocycles. The average molecular weight is 236 g/mol. The van der Waals surface area contributed by atoms with Crippen LogP contribution in [0.1, 0.15) is 25.6 Å². The first-order valence-electron chi connectivity index (χ1n) is 4.92. The number of rotatable bonds is 2. The first-order chi connectivity index (χ1) is 7.59. The molecule has 0 radical (unpaired) electrons. The predicted octanol–water partition coefficient (Wildman–Crippen LogP) is 1.66. The molecule has 2 N–H and O–H groups in total. The SMILES string of the molecule is CC(=O)C1=C(C)NC(=S)NC1c1ccco1. The second kappa shape index (κ2) is 4.09. The van der Waals surface area contributed by atoms with Crippen LogP contribution in [0.3, 0.4) is 0 Å². The van der Waals surface area contributed by atoms with Crippen molar-refractivity contribution in [2.75, 3.05) is 0 Å². The molecule has 4 nitrogen and oxygen atoms in total. The van der Waals surface area contributed by atoms with Gasteiger partial charge in [0.15, 0.2) is 10.9 Å². The minimum absolute atomic E-state index is 0.00130. The molecule has 1 atom stereocenters. The van der Waals surface area contributed by atoms with E-state index in [9.17, 15) is 4.79 Å². The molecule has 2 heterocycles. The van der Waals surface area contributed by atoms with E-state index >= 15 is 0 Å². The number of nitrogens with one attached hydrogen (secondary N) is 2. The van der Waals surface area contributed by atoms with Gasteiger partial charge in [0.25, 0.3) is 0 Å². The van der Waals surface area contributed by atoms with Gasteiger partial charge in [-0.1, -0.05) is 0 Å². The molecule has 16 heavy (non-hydrogen) atoms. The van der Waals surface area contributed by atoms with E-state index in [-0.39, 0.29) is 11.8 Å². The molecule has 0 amide bonds. The van der Waals surface area contributed by atoms with Gasteiger partial charge in [-0.25, -0.2) is 0 Å². The van der Waals surface area contributed by atoms with Crippen LogP contribution in [0.25, 0.3) is 0 Å². The summed E-state index contributed by atoms with van der Waals surface area (Å²) in [7, 11) is 0. The summed E-state index contributed by atoms with van der Waals surface area (Å²) in [5.41, 5.74) is 1.43. The fraction of sp³-hybridized carbons (Fsp3) is 0.273. The fourth-order valence-electron chi connectivity index (χ4n) is 1.83. The molecular formula is C11H12N2O2S. The molecule has 5 heteroatoms. The van der Waals surface area contributed by atoms with E-state index < -0.39 is 0 Å². The van der Waals surface area contributed by atoms with Crippen LogP contribution in [0, 0.1) is 0 Å². The van der Waals surface area contributed by atoms with Gasteiger partial charge >= 0.3 is 0 Å². The van der Waals surface area contributed by atoms with Gasteiger partial charge in [0, 0.05) is 11.3 Å². The van der Waals surface area contributed by atoms with E-state index in [0.717, 1.165) is 5.70 Å². The zero-order chi connectivity index (χ0) is 11.7. The van der Waals surface area contributed by atoms with Crippen LogP contribution >= 0.6 is 12.2 Å². The topological polar surface area (TPSA) is 54.3 Å². The van der Waals surface area contributed by atoms with Crippen molar-refractivity contribution < 1.29 is 9.21 Å². The Labute approximate surface area is 98.7 Å². The Balaban J connectivity index is 2.46. The van der Waals surface area contributed by atoms with Gasteiger partial charge in [-0.05, 0) is 38.2 Å². The molecule has 1 unspecified atom stereocenters. The summed E-state index contributed by atoms with van der Waals surface area (Å²) in [5.74, 6) is 0.690.